The Morgan fingerprint density at radius 1 is 1.26 bits per heavy atom. The number of hydrogen-bond donors (Lipinski definition) is 2. The molecule has 1 aromatic carbocycles. The van der Waals surface area contributed by atoms with E-state index in [0.29, 0.717) is 18.5 Å². The number of imide groups is 1. The maximum Gasteiger partial charge on any atom is 0.321 e. The quantitative estimate of drug-likeness (QED) is 0.640. The van der Waals surface area contributed by atoms with E-state index in [9.17, 15) is 22.8 Å². The van der Waals surface area contributed by atoms with E-state index in [1.807, 2.05) is 0 Å². The number of thioether (sulfide) groups is 1. The van der Waals surface area contributed by atoms with Crippen LogP contribution in [0.4, 0.5) is 4.79 Å². The summed E-state index contributed by atoms with van der Waals surface area (Å²) in [6.07, 6.45) is -0.769. The number of benzene rings is 1. The Hall–Kier alpha value is -2.07. The number of sulfone groups is 1. The molecule has 0 aliphatic carbocycles. The van der Waals surface area contributed by atoms with Gasteiger partial charge in [0.1, 0.15) is 0 Å². The maximum atomic E-state index is 12.4. The van der Waals surface area contributed by atoms with E-state index in [-0.39, 0.29) is 22.5 Å². The molecule has 3 amide bonds. The number of hydrogen-bond acceptors (Lipinski definition) is 7. The molecule has 1 saturated heterocycles. The molecular formula is C17H22N2O6S2. The fourth-order valence-electron chi connectivity index (χ4n) is 2.53. The van der Waals surface area contributed by atoms with Gasteiger partial charge in [0.05, 0.1) is 17.3 Å². The summed E-state index contributed by atoms with van der Waals surface area (Å²) in [5.74, 6) is -1.30. The van der Waals surface area contributed by atoms with Gasteiger partial charge in [-0.3, -0.25) is 14.9 Å². The van der Waals surface area contributed by atoms with Crippen molar-refractivity contribution in [3.63, 3.8) is 0 Å². The summed E-state index contributed by atoms with van der Waals surface area (Å²) in [6.45, 7) is 2.05. The SMILES string of the molecule is CCNC(=O)NC(=O)[C@H](OC(=O)CS[C@H]1CCS(=O)(=O)C1)c1ccccc1. The van der Waals surface area contributed by atoms with Crippen LogP contribution in [0, 0.1) is 0 Å². The number of esters is 1. The molecule has 0 bridgehead atoms. The summed E-state index contributed by atoms with van der Waals surface area (Å²) < 4.78 is 28.2. The third-order valence-corrected chi connectivity index (χ3v) is 7.05. The number of carbonyl (C=O) groups excluding carboxylic acids is 3. The minimum absolute atomic E-state index is 0.0464. The molecule has 0 unspecified atom stereocenters. The van der Waals surface area contributed by atoms with Crippen molar-refractivity contribution in [2.45, 2.75) is 24.7 Å². The number of nitrogens with one attached hydrogen (secondary N) is 2. The van der Waals surface area contributed by atoms with E-state index in [4.69, 9.17) is 4.74 Å². The third-order valence-electron chi connectivity index (χ3n) is 3.79. The highest BCUT2D eigenvalue weighted by Gasteiger charge is 2.30. The summed E-state index contributed by atoms with van der Waals surface area (Å²) in [6, 6.07) is 7.68. The molecule has 2 atom stereocenters. The van der Waals surface area contributed by atoms with Gasteiger partial charge in [-0.15, -0.1) is 11.8 Å². The lowest BCUT2D eigenvalue weighted by atomic mass is 10.1. The third kappa shape index (κ3) is 6.87. The van der Waals surface area contributed by atoms with Crippen LogP contribution in [0.25, 0.3) is 0 Å². The largest absolute Gasteiger partial charge is 0.447 e. The normalized spacial score (nSPS) is 19.1. The smallest absolute Gasteiger partial charge is 0.321 e. The monoisotopic (exact) mass is 414 g/mol. The van der Waals surface area contributed by atoms with Crippen molar-refractivity contribution in [1.82, 2.24) is 10.6 Å². The second-order valence-corrected chi connectivity index (χ2v) is 9.48. The van der Waals surface area contributed by atoms with Crippen molar-refractivity contribution < 1.29 is 27.5 Å². The van der Waals surface area contributed by atoms with Crippen LogP contribution < -0.4 is 10.6 Å². The van der Waals surface area contributed by atoms with E-state index >= 15 is 0 Å². The molecule has 1 fully saturated rings. The van der Waals surface area contributed by atoms with Crippen LogP contribution in [0.2, 0.25) is 0 Å². The maximum absolute atomic E-state index is 12.4. The van der Waals surface area contributed by atoms with Crippen molar-refractivity contribution in [3.8, 4) is 0 Å². The summed E-state index contributed by atoms with van der Waals surface area (Å²) in [5, 5.41) is 4.42. The molecule has 0 saturated carbocycles. The Morgan fingerprint density at radius 2 is 1.96 bits per heavy atom. The molecular weight excluding hydrogens is 392 g/mol. The van der Waals surface area contributed by atoms with E-state index < -0.39 is 33.8 Å². The highest BCUT2D eigenvalue weighted by Crippen LogP contribution is 2.25. The molecule has 1 aliphatic heterocycles. The number of rotatable bonds is 7. The fraction of sp³-hybridized carbons (Fsp3) is 0.471. The molecule has 1 aliphatic rings. The predicted molar refractivity (Wildman–Crippen MR) is 102 cm³/mol. The Kier molecular flexibility index (Phi) is 7.66. The van der Waals surface area contributed by atoms with Crippen LogP contribution >= 0.6 is 11.8 Å². The fourth-order valence-corrected chi connectivity index (χ4v) is 5.95. The van der Waals surface area contributed by atoms with Crippen LogP contribution in [0.5, 0.6) is 0 Å². The zero-order chi connectivity index (χ0) is 19.9. The zero-order valence-corrected chi connectivity index (χ0v) is 16.5. The predicted octanol–water partition coefficient (Wildman–Crippen LogP) is 1.04. The van der Waals surface area contributed by atoms with Crippen molar-refractivity contribution >= 4 is 39.5 Å². The molecule has 2 rings (SSSR count). The second-order valence-electron chi connectivity index (χ2n) is 5.97. The van der Waals surface area contributed by atoms with Crippen molar-refractivity contribution in [2.75, 3.05) is 23.8 Å². The average molecular weight is 415 g/mol. The van der Waals surface area contributed by atoms with Gasteiger partial charge in [0.2, 0.25) is 6.10 Å². The van der Waals surface area contributed by atoms with Crippen molar-refractivity contribution in [2.24, 2.45) is 0 Å². The first-order valence-corrected chi connectivity index (χ1v) is 11.3. The first-order chi connectivity index (χ1) is 12.8. The summed E-state index contributed by atoms with van der Waals surface area (Å²) in [5.41, 5.74) is 0.432. The zero-order valence-electron chi connectivity index (χ0n) is 14.8. The van der Waals surface area contributed by atoms with Crippen LogP contribution in [-0.4, -0.2) is 55.4 Å². The second kappa shape index (κ2) is 9.75. The molecule has 1 aromatic rings. The number of carbonyl (C=O) groups is 3. The minimum atomic E-state index is -3.02. The molecule has 0 spiro atoms. The molecule has 2 N–H and O–H groups in total. The summed E-state index contributed by atoms with van der Waals surface area (Å²) >= 11 is 1.20. The van der Waals surface area contributed by atoms with Gasteiger partial charge >= 0.3 is 12.0 Å². The van der Waals surface area contributed by atoms with Gasteiger partial charge in [-0.05, 0) is 13.3 Å². The van der Waals surface area contributed by atoms with Gasteiger partial charge in [0.25, 0.3) is 5.91 Å². The van der Waals surface area contributed by atoms with E-state index in [2.05, 4.69) is 10.6 Å². The number of amides is 3. The van der Waals surface area contributed by atoms with Crippen LogP contribution in [0.1, 0.15) is 25.0 Å². The minimum Gasteiger partial charge on any atom is -0.447 e. The van der Waals surface area contributed by atoms with Crippen molar-refractivity contribution in [1.29, 1.82) is 0 Å². The van der Waals surface area contributed by atoms with Gasteiger partial charge in [-0.1, -0.05) is 30.3 Å². The summed E-state index contributed by atoms with van der Waals surface area (Å²) in [7, 11) is -3.02. The Morgan fingerprint density at radius 3 is 2.56 bits per heavy atom. The molecule has 27 heavy (non-hydrogen) atoms. The van der Waals surface area contributed by atoms with E-state index in [1.165, 1.54) is 11.8 Å². The van der Waals surface area contributed by atoms with Crippen molar-refractivity contribution in [3.05, 3.63) is 35.9 Å². The lowest BCUT2D eigenvalue weighted by Gasteiger charge is -2.18. The Labute approximate surface area is 162 Å². The molecule has 8 nitrogen and oxygen atoms in total. The summed E-state index contributed by atoms with van der Waals surface area (Å²) in [4.78, 5) is 36.2. The molecule has 10 heteroatoms. The highest BCUT2D eigenvalue weighted by molar-refractivity contribution is 8.02. The Bertz CT molecular complexity index is 782. The Balaban J connectivity index is 1.98. The average Bonchev–Trinajstić information content (AvgIpc) is 2.97. The molecule has 148 valence electrons. The van der Waals surface area contributed by atoms with Gasteiger partial charge in [0, 0.05) is 17.4 Å². The van der Waals surface area contributed by atoms with E-state index in [1.54, 1.807) is 37.3 Å². The highest BCUT2D eigenvalue weighted by atomic mass is 32.2. The molecule has 1 heterocycles. The first kappa shape index (κ1) is 21.2. The van der Waals surface area contributed by atoms with Gasteiger partial charge in [0.15, 0.2) is 9.84 Å². The van der Waals surface area contributed by atoms with E-state index in [0.717, 1.165) is 0 Å². The van der Waals surface area contributed by atoms with Crippen LogP contribution in [-0.2, 0) is 24.2 Å². The lowest BCUT2D eigenvalue weighted by Crippen LogP contribution is -2.42. The number of urea groups is 1. The number of ether oxygens (including phenoxy) is 1. The molecule has 0 radical (unpaired) electrons. The standard InChI is InChI=1S/C17H22N2O6S2/c1-2-18-17(22)19-16(21)15(12-6-4-3-5-7-12)25-14(20)10-26-13-8-9-27(23,24)11-13/h3-7,13,15H,2,8-11H2,1H3,(H2,18,19,21,22)/t13-,15+/m0/s1. The van der Waals surface area contributed by atoms with Gasteiger partial charge in [-0.25, -0.2) is 13.2 Å². The molecule has 0 aromatic heterocycles. The topological polar surface area (TPSA) is 119 Å². The first-order valence-electron chi connectivity index (χ1n) is 8.46. The lowest BCUT2D eigenvalue weighted by molar-refractivity contribution is -0.153. The van der Waals surface area contributed by atoms with Gasteiger partial charge in [-0.2, -0.15) is 0 Å². The van der Waals surface area contributed by atoms with Crippen LogP contribution in [0.3, 0.4) is 0 Å². The van der Waals surface area contributed by atoms with Crippen LogP contribution in [0.15, 0.2) is 30.3 Å². The van der Waals surface area contributed by atoms with Gasteiger partial charge < -0.3 is 10.1 Å².